The Morgan fingerprint density at radius 1 is 1.25 bits per heavy atom. The maximum atomic E-state index is 5.61. The number of nitrogens with two attached hydrogens (primary N) is 1. The van der Waals surface area contributed by atoms with Gasteiger partial charge < -0.3 is 10.5 Å². The molecule has 1 aromatic heterocycles. The molecule has 0 atom stereocenters. The van der Waals surface area contributed by atoms with Gasteiger partial charge in [-0.25, -0.2) is 0 Å². The number of rotatable bonds is 4. The highest BCUT2D eigenvalue weighted by atomic mass is 32.1. The molecule has 0 aliphatic heterocycles. The lowest BCUT2D eigenvalue weighted by Gasteiger charge is -2.05. The Morgan fingerprint density at radius 2 is 2.00 bits per heavy atom. The molecule has 4 heteroatoms. The van der Waals surface area contributed by atoms with Gasteiger partial charge in [-0.15, -0.1) is 0 Å². The first-order valence-electron chi connectivity index (χ1n) is 4.79. The van der Waals surface area contributed by atoms with Gasteiger partial charge in [0, 0.05) is 5.56 Å². The lowest BCUT2D eigenvalue weighted by atomic mass is 10.2. The third kappa shape index (κ3) is 2.81. The van der Waals surface area contributed by atoms with Gasteiger partial charge in [-0.3, -0.25) is 0 Å². The first-order chi connectivity index (χ1) is 7.75. The minimum absolute atomic E-state index is 0.407. The molecule has 1 heterocycles. The van der Waals surface area contributed by atoms with Crippen LogP contribution < -0.4 is 10.5 Å². The summed E-state index contributed by atoms with van der Waals surface area (Å²) >= 11 is 6.54. The third-order valence-corrected chi connectivity index (χ3v) is 3.09. The summed E-state index contributed by atoms with van der Waals surface area (Å²) in [6.45, 7) is 0.593. The van der Waals surface area contributed by atoms with E-state index in [0.29, 0.717) is 11.6 Å². The van der Waals surface area contributed by atoms with Crippen molar-refractivity contribution in [2.45, 2.75) is 6.61 Å². The van der Waals surface area contributed by atoms with Crippen molar-refractivity contribution in [2.75, 3.05) is 0 Å². The molecule has 2 aromatic rings. The molecule has 0 fully saturated rings. The average Bonchev–Trinajstić information content (AvgIpc) is 2.80. The summed E-state index contributed by atoms with van der Waals surface area (Å²) in [6, 6.07) is 9.53. The van der Waals surface area contributed by atoms with Crippen LogP contribution in [-0.4, -0.2) is 4.99 Å². The fourth-order valence-corrected chi connectivity index (χ4v) is 2.05. The maximum Gasteiger partial charge on any atom is 0.119 e. The lowest BCUT2D eigenvalue weighted by Crippen LogP contribution is -2.08. The summed E-state index contributed by atoms with van der Waals surface area (Å²) in [6.07, 6.45) is 0. The van der Waals surface area contributed by atoms with Gasteiger partial charge in [0.05, 0.1) is 0 Å². The smallest absolute Gasteiger partial charge is 0.119 e. The molecule has 0 spiro atoms. The summed E-state index contributed by atoms with van der Waals surface area (Å²) in [7, 11) is 0. The molecular formula is C12H11NOS2. The molecule has 0 aliphatic carbocycles. The number of thiocarbonyl (C=S) groups is 1. The fourth-order valence-electron chi connectivity index (χ4n) is 1.26. The average molecular weight is 249 g/mol. The van der Waals surface area contributed by atoms with Crippen LogP contribution in [-0.2, 0) is 6.61 Å². The van der Waals surface area contributed by atoms with E-state index in [1.165, 1.54) is 5.56 Å². The van der Waals surface area contributed by atoms with Gasteiger partial charge >= 0.3 is 0 Å². The molecule has 2 N–H and O–H groups in total. The molecule has 0 bridgehead atoms. The highest BCUT2D eigenvalue weighted by Gasteiger charge is 1.98. The Kier molecular flexibility index (Phi) is 3.54. The van der Waals surface area contributed by atoms with E-state index in [0.717, 1.165) is 11.3 Å². The number of hydrogen-bond acceptors (Lipinski definition) is 3. The molecule has 16 heavy (non-hydrogen) atoms. The van der Waals surface area contributed by atoms with Crippen LogP contribution in [0.15, 0.2) is 41.1 Å². The summed E-state index contributed by atoms with van der Waals surface area (Å²) in [4.78, 5) is 0.407. The molecule has 2 rings (SSSR count). The number of ether oxygens (including phenoxy) is 1. The van der Waals surface area contributed by atoms with Crippen LogP contribution in [0, 0.1) is 0 Å². The van der Waals surface area contributed by atoms with Crippen LogP contribution in [0.2, 0.25) is 0 Å². The zero-order valence-corrected chi connectivity index (χ0v) is 10.2. The normalized spacial score (nSPS) is 10.0. The predicted octanol–water partition coefficient (Wildman–Crippen LogP) is 2.96. The number of benzene rings is 1. The third-order valence-electron chi connectivity index (χ3n) is 2.12. The minimum Gasteiger partial charge on any atom is -0.489 e. The second kappa shape index (κ2) is 5.09. The Labute approximate surface area is 104 Å². The molecule has 0 radical (unpaired) electrons. The summed E-state index contributed by atoms with van der Waals surface area (Å²) in [5, 5.41) is 4.11. The second-order valence-corrected chi connectivity index (χ2v) is 4.53. The van der Waals surface area contributed by atoms with E-state index >= 15 is 0 Å². The highest BCUT2D eigenvalue weighted by Crippen LogP contribution is 2.15. The summed E-state index contributed by atoms with van der Waals surface area (Å²) < 4.78 is 5.61. The standard InChI is InChI=1S/C12H11NOS2/c13-12(15)10-1-3-11(4-2-10)14-7-9-5-6-16-8-9/h1-6,8H,7H2,(H2,13,15). The molecule has 0 amide bonds. The van der Waals surface area contributed by atoms with Crippen molar-refractivity contribution in [3.8, 4) is 5.75 Å². The molecule has 0 saturated heterocycles. The van der Waals surface area contributed by atoms with E-state index in [1.807, 2.05) is 35.7 Å². The summed E-state index contributed by atoms with van der Waals surface area (Å²) in [5.74, 6) is 0.825. The van der Waals surface area contributed by atoms with Crippen LogP contribution in [0.25, 0.3) is 0 Å². The van der Waals surface area contributed by atoms with Crippen molar-refractivity contribution >= 4 is 28.5 Å². The van der Waals surface area contributed by atoms with Gasteiger partial charge in [0.2, 0.25) is 0 Å². The topological polar surface area (TPSA) is 35.2 Å². The van der Waals surface area contributed by atoms with Crippen molar-refractivity contribution < 1.29 is 4.74 Å². The quantitative estimate of drug-likeness (QED) is 0.846. The van der Waals surface area contributed by atoms with Crippen LogP contribution >= 0.6 is 23.6 Å². The van der Waals surface area contributed by atoms with E-state index in [1.54, 1.807) is 11.3 Å². The van der Waals surface area contributed by atoms with Gasteiger partial charge in [-0.05, 0) is 46.7 Å². The Balaban J connectivity index is 1.98. The Bertz CT molecular complexity index is 462. The van der Waals surface area contributed by atoms with Crippen molar-refractivity contribution in [3.05, 3.63) is 52.2 Å². The van der Waals surface area contributed by atoms with E-state index in [2.05, 4.69) is 5.38 Å². The van der Waals surface area contributed by atoms with E-state index < -0.39 is 0 Å². The minimum atomic E-state index is 0.407. The molecular weight excluding hydrogens is 238 g/mol. The first kappa shape index (κ1) is 11.1. The maximum absolute atomic E-state index is 5.61. The number of thiophene rings is 1. The largest absolute Gasteiger partial charge is 0.489 e. The monoisotopic (exact) mass is 249 g/mol. The van der Waals surface area contributed by atoms with Gasteiger partial charge in [-0.2, -0.15) is 11.3 Å². The van der Waals surface area contributed by atoms with Crippen LogP contribution in [0.3, 0.4) is 0 Å². The zero-order valence-electron chi connectivity index (χ0n) is 8.55. The zero-order chi connectivity index (χ0) is 11.4. The van der Waals surface area contributed by atoms with Crippen molar-refractivity contribution in [3.63, 3.8) is 0 Å². The SMILES string of the molecule is NC(=S)c1ccc(OCc2ccsc2)cc1. The highest BCUT2D eigenvalue weighted by molar-refractivity contribution is 7.80. The van der Waals surface area contributed by atoms with Crippen LogP contribution in [0.5, 0.6) is 5.75 Å². The fraction of sp³-hybridized carbons (Fsp3) is 0.0833. The van der Waals surface area contributed by atoms with Gasteiger partial charge in [0.15, 0.2) is 0 Å². The Hall–Kier alpha value is -1.39. The van der Waals surface area contributed by atoms with E-state index in [4.69, 9.17) is 22.7 Å². The summed E-state index contributed by atoms with van der Waals surface area (Å²) in [5.41, 5.74) is 7.55. The molecule has 0 unspecified atom stereocenters. The van der Waals surface area contributed by atoms with E-state index in [-0.39, 0.29) is 0 Å². The molecule has 82 valence electrons. The van der Waals surface area contributed by atoms with Crippen LogP contribution in [0.1, 0.15) is 11.1 Å². The molecule has 2 nitrogen and oxygen atoms in total. The number of hydrogen-bond donors (Lipinski definition) is 1. The van der Waals surface area contributed by atoms with Crippen molar-refractivity contribution in [2.24, 2.45) is 5.73 Å². The van der Waals surface area contributed by atoms with Crippen LogP contribution in [0.4, 0.5) is 0 Å². The second-order valence-electron chi connectivity index (χ2n) is 3.31. The van der Waals surface area contributed by atoms with Crippen molar-refractivity contribution in [1.82, 2.24) is 0 Å². The molecule has 1 aromatic carbocycles. The van der Waals surface area contributed by atoms with Gasteiger partial charge in [-0.1, -0.05) is 12.2 Å². The molecule has 0 aliphatic rings. The molecule has 0 saturated carbocycles. The predicted molar refractivity (Wildman–Crippen MR) is 71.0 cm³/mol. The van der Waals surface area contributed by atoms with Gasteiger partial charge in [0.25, 0.3) is 0 Å². The van der Waals surface area contributed by atoms with Gasteiger partial charge in [0.1, 0.15) is 17.3 Å². The van der Waals surface area contributed by atoms with Crippen molar-refractivity contribution in [1.29, 1.82) is 0 Å². The van der Waals surface area contributed by atoms with E-state index in [9.17, 15) is 0 Å². The Morgan fingerprint density at radius 3 is 2.56 bits per heavy atom. The lowest BCUT2D eigenvalue weighted by molar-refractivity contribution is 0.307. The first-order valence-corrected chi connectivity index (χ1v) is 6.14.